The quantitative estimate of drug-likeness (QED) is 0.372. The van der Waals surface area contributed by atoms with Crippen LogP contribution >= 0.6 is 12.4 Å². The summed E-state index contributed by atoms with van der Waals surface area (Å²) in [6.45, 7) is 2.12. The summed E-state index contributed by atoms with van der Waals surface area (Å²) in [5.41, 5.74) is 4.41. The molecule has 4 aromatic rings. The van der Waals surface area contributed by atoms with Crippen LogP contribution in [0.5, 0.6) is 5.75 Å². The fourth-order valence-corrected chi connectivity index (χ4v) is 3.49. The number of furan rings is 1. The third-order valence-electron chi connectivity index (χ3n) is 4.95. The van der Waals surface area contributed by atoms with E-state index in [1.54, 1.807) is 25.6 Å². The van der Waals surface area contributed by atoms with Gasteiger partial charge in [0.1, 0.15) is 5.76 Å². The predicted molar refractivity (Wildman–Crippen MR) is 117 cm³/mol. The summed E-state index contributed by atoms with van der Waals surface area (Å²) < 4.78 is 11.6. The van der Waals surface area contributed by atoms with E-state index in [4.69, 9.17) is 9.15 Å². The molecule has 0 bridgehead atoms. The molecule has 0 N–H and O–H groups in total. The Kier molecular flexibility index (Phi) is 6.35. The van der Waals surface area contributed by atoms with Crippen molar-refractivity contribution in [3.05, 3.63) is 83.7 Å². The second-order valence-electron chi connectivity index (χ2n) is 6.63. The molecule has 0 fully saturated rings. The number of hydrogen-bond acceptors (Lipinski definition) is 4. The molecule has 2 aromatic heterocycles. The number of rotatable bonds is 6. The fraction of sp³-hybridized carbons (Fsp3) is 0.167. The van der Waals surface area contributed by atoms with Crippen LogP contribution in [0.15, 0.2) is 71.4 Å². The van der Waals surface area contributed by atoms with Gasteiger partial charge < -0.3 is 9.15 Å². The van der Waals surface area contributed by atoms with Crippen LogP contribution in [0, 0.1) is 0 Å². The molecule has 5 heteroatoms. The molecule has 4 nitrogen and oxygen atoms in total. The van der Waals surface area contributed by atoms with Crippen molar-refractivity contribution in [2.45, 2.75) is 19.8 Å². The Bertz CT molecular complexity index is 1140. The summed E-state index contributed by atoms with van der Waals surface area (Å²) in [5, 5.41) is 0.777. The van der Waals surface area contributed by atoms with Crippen LogP contribution in [-0.4, -0.2) is 17.9 Å². The van der Waals surface area contributed by atoms with E-state index < -0.39 is 0 Å². The van der Waals surface area contributed by atoms with Crippen molar-refractivity contribution in [1.82, 2.24) is 4.98 Å². The Hall–Kier alpha value is -3.11. The number of ether oxygens (including phenoxy) is 1. The molecule has 2 aromatic carbocycles. The van der Waals surface area contributed by atoms with Gasteiger partial charge in [-0.2, -0.15) is 0 Å². The second-order valence-corrected chi connectivity index (χ2v) is 6.63. The molecule has 4 rings (SSSR count). The lowest BCUT2D eigenvalue weighted by atomic mass is 9.99. The molecule has 0 aliphatic rings. The zero-order valence-corrected chi connectivity index (χ0v) is 17.2. The number of fused-ring (bicyclic) bond motifs is 1. The van der Waals surface area contributed by atoms with Crippen LogP contribution in [0.1, 0.15) is 28.4 Å². The van der Waals surface area contributed by atoms with E-state index in [0.29, 0.717) is 23.3 Å². The van der Waals surface area contributed by atoms with Crippen LogP contribution in [0.4, 0.5) is 0 Å². The van der Waals surface area contributed by atoms with E-state index in [2.05, 4.69) is 18.0 Å². The molecule has 0 saturated carbocycles. The fourth-order valence-electron chi connectivity index (χ4n) is 3.49. The maximum atomic E-state index is 13.0. The van der Waals surface area contributed by atoms with E-state index >= 15 is 0 Å². The maximum Gasteiger partial charge on any atom is 0.177 e. The Morgan fingerprint density at radius 1 is 1.07 bits per heavy atom. The van der Waals surface area contributed by atoms with Gasteiger partial charge in [-0.3, -0.25) is 9.78 Å². The largest absolute Gasteiger partial charge is 0.493 e. The molecule has 0 atom stereocenters. The summed E-state index contributed by atoms with van der Waals surface area (Å²) in [5.74, 6) is 1.40. The number of hydrogen-bond donors (Lipinski definition) is 0. The highest BCUT2D eigenvalue weighted by Crippen LogP contribution is 2.37. The molecular formula is C24H22ClNO3. The third kappa shape index (κ3) is 4.03. The Morgan fingerprint density at radius 3 is 2.55 bits per heavy atom. The number of pyridine rings is 1. The highest BCUT2D eigenvalue weighted by Gasteiger charge is 2.19. The first-order valence-electron chi connectivity index (χ1n) is 9.32. The monoisotopic (exact) mass is 407 g/mol. The van der Waals surface area contributed by atoms with Gasteiger partial charge in [0.05, 0.1) is 7.11 Å². The lowest BCUT2D eigenvalue weighted by Gasteiger charge is -2.06. The summed E-state index contributed by atoms with van der Waals surface area (Å²) in [6.07, 6.45) is 4.61. The molecular weight excluding hydrogens is 386 g/mol. The van der Waals surface area contributed by atoms with Crippen molar-refractivity contribution in [3.8, 4) is 17.1 Å². The van der Waals surface area contributed by atoms with Crippen LogP contribution < -0.4 is 4.74 Å². The van der Waals surface area contributed by atoms with Crippen molar-refractivity contribution in [1.29, 1.82) is 0 Å². The number of carbonyl (C=O) groups excluding carboxylic acids is 1. The number of aromatic nitrogens is 1. The Balaban J connectivity index is 0.00000240. The van der Waals surface area contributed by atoms with Crippen LogP contribution in [-0.2, 0) is 12.8 Å². The number of nitrogens with zero attached hydrogens (tertiary/aromatic N) is 1. The molecule has 0 unspecified atom stereocenters. The standard InChI is InChI=1S/C24H21NO3.ClH/c1-3-17-6-4-5-7-18(17)23-15-20-19(8-9-22(27-2)24(20)28-23)21(26)14-16-10-12-25-13-11-16;/h4-13,15H,3,14H2,1-2H3;1H. The van der Waals surface area contributed by atoms with Gasteiger partial charge >= 0.3 is 0 Å². The third-order valence-corrected chi connectivity index (χ3v) is 4.95. The average molecular weight is 408 g/mol. The summed E-state index contributed by atoms with van der Waals surface area (Å²) in [7, 11) is 1.61. The summed E-state index contributed by atoms with van der Waals surface area (Å²) in [6, 6.07) is 17.4. The molecule has 2 heterocycles. The maximum absolute atomic E-state index is 13.0. The van der Waals surface area contributed by atoms with Crippen molar-refractivity contribution in [2.24, 2.45) is 0 Å². The first-order chi connectivity index (χ1) is 13.7. The zero-order chi connectivity index (χ0) is 19.5. The molecule has 0 aliphatic carbocycles. The molecule has 0 aliphatic heterocycles. The number of aryl methyl sites for hydroxylation is 1. The van der Waals surface area contributed by atoms with Gasteiger partial charge in [-0.15, -0.1) is 12.4 Å². The van der Waals surface area contributed by atoms with Gasteiger partial charge in [-0.05, 0) is 47.9 Å². The van der Waals surface area contributed by atoms with E-state index in [-0.39, 0.29) is 18.2 Å². The number of halogens is 1. The molecule has 0 spiro atoms. The highest BCUT2D eigenvalue weighted by molar-refractivity contribution is 6.10. The van der Waals surface area contributed by atoms with Crippen molar-refractivity contribution < 1.29 is 13.9 Å². The van der Waals surface area contributed by atoms with E-state index in [9.17, 15) is 4.79 Å². The zero-order valence-electron chi connectivity index (χ0n) is 16.3. The first-order valence-corrected chi connectivity index (χ1v) is 9.32. The number of ketones is 1. The van der Waals surface area contributed by atoms with Gasteiger partial charge in [-0.25, -0.2) is 0 Å². The highest BCUT2D eigenvalue weighted by atomic mass is 35.5. The number of carbonyl (C=O) groups is 1. The number of benzene rings is 2. The van der Waals surface area contributed by atoms with E-state index in [0.717, 1.165) is 28.7 Å². The second kappa shape index (κ2) is 8.93. The van der Waals surface area contributed by atoms with Gasteiger partial charge in [0.15, 0.2) is 17.1 Å². The van der Waals surface area contributed by atoms with Gasteiger partial charge in [0.25, 0.3) is 0 Å². The Labute approximate surface area is 175 Å². The first kappa shape index (κ1) is 20.6. The SMILES string of the molecule is CCc1ccccc1-c1cc2c(C(=O)Cc3ccncc3)ccc(OC)c2o1.Cl. The van der Waals surface area contributed by atoms with Crippen LogP contribution in [0.3, 0.4) is 0 Å². The summed E-state index contributed by atoms with van der Waals surface area (Å²) >= 11 is 0. The summed E-state index contributed by atoms with van der Waals surface area (Å²) in [4.78, 5) is 17.0. The van der Waals surface area contributed by atoms with Crippen molar-refractivity contribution in [2.75, 3.05) is 7.11 Å². The normalized spacial score (nSPS) is 10.6. The van der Waals surface area contributed by atoms with Crippen molar-refractivity contribution in [3.63, 3.8) is 0 Å². The van der Waals surface area contributed by atoms with Crippen LogP contribution in [0.25, 0.3) is 22.3 Å². The minimum atomic E-state index is 0. The van der Waals surface area contributed by atoms with Gasteiger partial charge in [0.2, 0.25) is 0 Å². The number of methoxy groups -OCH3 is 1. The average Bonchev–Trinajstić information content (AvgIpc) is 3.19. The molecule has 0 saturated heterocycles. The van der Waals surface area contributed by atoms with E-state index in [1.165, 1.54) is 5.56 Å². The van der Waals surface area contributed by atoms with Gasteiger partial charge in [0, 0.05) is 35.3 Å². The Morgan fingerprint density at radius 2 is 1.83 bits per heavy atom. The van der Waals surface area contributed by atoms with Crippen molar-refractivity contribution >= 4 is 29.2 Å². The van der Waals surface area contributed by atoms with E-state index in [1.807, 2.05) is 42.5 Å². The molecule has 29 heavy (non-hydrogen) atoms. The van der Waals surface area contributed by atoms with Gasteiger partial charge in [-0.1, -0.05) is 31.2 Å². The molecule has 148 valence electrons. The topological polar surface area (TPSA) is 52.3 Å². The number of Topliss-reactive ketones (excluding diaryl/α,β-unsaturated/α-hetero) is 1. The predicted octanol–water partition coefficient (Wildman–Crippen LogP) is 5.91. The minimum Gasteiger partial charge on any atom is -0.493 e. The molecule has 0 radical (unpaired) electrons. The lowest BCUT2D eigenvalue weighted by Crippen LogP contribution is -2.04. The van der Waals surface area contributed by atoms with Crippen LogP contribution in [0.2, 0.25) is 0 Å². The lowest BCUT2D eigenvalue weighted by molar-refractivity contribution is 0.0994. The minimum absolute atomic E-state index is 0. The molecule has 0 amide bonds. The smallest absolute Gasteiger partial charge is 0.177 e.